The van der Waals surface area contributed by atoms with Gasteiger partial charge in [-0.2, -0.15) is 0 Å². The SMILES string of the molecule is C=Cc1nc2cccc(CCCCC)c2[nH]1. The second-order valence-electron chi connectivity index (χ2n) is 4.09. The molecule has 2 nitrogen and oxygen atoms in total. The van der Waals surface area contributed by atoms with Crippen molar-refractivity contribution in [3.63, 3.8) is 0 Å². The fraction of sp³-hybridized carbons (Fsp3) is 0.357. The molecule has 1 N–H and O–H groups in total. The Morgan fingerprint density at radius 2 is 2.25 bits per heavy atom. The summed E-state index contributed by atoms with van der Waals surface area (Å²) in [6.07, 6.45) is 6.69. The van der Waals surface area contributed by atoms with E-state index in [0.717, 1.165) is 17.8 Å². The molecule has 0 saturated carbocycles. The fourth-order valence-corrected chi connectivity index (χ4v) is 1.98. The van der Waals surface area contributed by atoms with E-state index in [4.69, 9.17) is 0 Å². The van der Waals surface area contributed by atoms with Gasteiger partial charge in [-0.05, 0) is 30.5 Å². The van der Waals surface area contributed by atoms with Gasteiger partial charge in [-0.15, -0.1) is 0 Å². The molecule has 0 fully saturated rings. The van der Waals surface area contributed by atoms with Crippen molar-refractivity contribution in [2.75, 3.05) is 0 Å². The third kappa shape index (κ3) is 2.16. The second kappa shape index (κ2) is 4.97. The van der Waals surface area contributed by atoms with Crippen LogP contribution in [0.5, 0.6) is 0 Å². The van der Waals surface area contributed by atoms with Crippen LogP contribution in [0.15, 0.2) is 24.8 Å². The molecule has 0 aliphatic rings. The molecule has 2 rings (SSSR count). The zero-order chi connectivity index (χ0) is 11.4. The van der Waals surface area contributed by atoms with Gasteiger partial charge in [-0.3, -0.25) is 0 Å². The predicted molar refractivity (Wildman–Crippen MR) is 69.4 cm³/mol. The monoisotopic (exact) mass is 214 g/mol. The van der Waals surface area contributed by atoms with Crippen molar-refractivity contribution in [2.24, 2.45) is 0 Å². The van der Waals surface area contributed by atoms with Crippen molar-refractivity contribution < 1.29 is 0 Å². The fourth-order valence-electron chi connectivity index (χ4n) is 1.98. The number of nitrogens with one attached hydrogen (secondary N) is 1. The number of aromatic nitrogens is 2. The van der Waals surface area contributed by atoms with Crippen molar-refractivity contribution in [3.8, 4) is 0 Å². The van der Waals surface area contributed by atoms with Crippen molar-refractivity contribution in [3.05, 3.63) is 36.2 Å². The third-order valence-electron chi connectivity index (χ3n) is 2.87. The van der Waals surface area contributed by atoms with Crippen molar-refractivity contribution in [2.45, 2.75) is 32.6 Å². The number of para-hydroxylation sites is 1. The number of benzene rings is 1. The molecule has 0 unspecified atom stereocenters. The molecule has 1 heterocycles. The quantitative estimate of drug-likeness (QED) is 0.750. The largest absolute Gasteiger partial charge is 0.338 e. The second-order valence-corrected chi connectivity index (χ2v) is 4.09. The summed E-state index contributed by atoms with van der Waals surface area (Å²) < 4.78 is 0. The summed E-state index contributed by atoms with van der Waals surface area (Å²) >= 11 is 0. The number of hydrogen-bond donors (Lipinski definition) is 1. The van der Waals surface area contributed by atoms with Crippen molar-refractivity contribution in [1.82, 2.24) is 9.97 Å². The normalized spacial score (nSPS) is 10.8. The molecule has 2 aromatic rings. The van der Waals surface area contributed by atoms with Gasteiger partial charge in [0.25, 0.3) is 0 Å². The molecule has 16 heavy (non-hydrogen) atoms. The summed E-state index contributed by atoms with van der Waals surface area (Å²) in [6.45, 7) is 5.97. The van der Waals surface area contributed by atoms with Crippen molar-refractivity contribution >= 4 is 17.1 Å². The summed E-state index contributed by atoms with van der Waals surface area (Å²) in [5.41, 5.74) is 3.59. The Kier molecular flexibility index (Phi) is 3.40. The van der Waals surface area contributed by atoms with Gasteiger partial charge in [-0.25, -0.2) is 4.98 Å². The third-order valence-corrected chi connectivity index (χ3v) is 2.87. The first kappa shape index (κ1) is 10.9. The van der Waals surface area contributed by atoms with Crippen LogP contribution in [0.1, 0.15) is 37.6 Å². The standard InChI is InChI=1S/C14H18N2/c1-3-5-6-8-11-9-7-10-12-14(11)16-13(4-2)15-12/h4,7,9-10H,2-3,5-6,8H2,1H3,(H,15,16). The highest BCUT2D eigenvalue weighted by Gasteiger charge is 2.04. The zero-order valence-electron chi connectivity index (χ0n) is 9.79. The van der Waals surface area contributed by atoms with Crippen LogP contribution in [-0.4, -0.2) is 9.97 Å². The Hall–Kier alpha value is -1.57. The van der Waals surface area contributed by atoms with Crippen LogP contribution in [0.4, 0.5) is 0 Å². The van der Waals surface area contributed by atoms with Gasteiger partial charge in [0.05, 0.1) is 11.0 Å². The molecule has 0 atom stereocenters. The minimum Gasteiger partial charge on any atom is -0.338 e. The highest BCUT2D eigenvalue weighted by Crippen LogP contribution is 2.19. The lowest BCUT2D eigenvalue weighted by Crippen LogP contribution is -1.87. The molecule has 84 valence electrons. The van der Waals surface area contributed by atoms with E-state index in [-0.39, 0.29) is 0 Å². The number of imidazole rings is 1. The maximum atomic E-state index is 4.45. The molecule has 1 aromatic heterocycles. The topological polar surface area (TPSA) is 28.7 Å². The van der Waals surface area contributed by atoms with Crippen LogP contribution in [0, 0.1) is 0 Å². The maximum absolute atomic E-state index is 4.45. The molecule has 0 amide bonds. The molecule has 0 spiro atoms. The van der Waals surface area contributed by atoms with E-state index in [1.165, 1.54) is 30.3 Å². The average molecular weight is 214 g/mol. The van der Waals surface area contributed by atoms with E-state index in [1.54, 1.807) is 6.08 Å². The Morgan fingerprint density at radius 1 is 1.38 bits per heavy atom. The Bertz CT molecular complexity index is 482. The number of aryl methyl sites for hydroxylation is 1. The van der Waals surface area contributed by atoms with Gasteiger partial charge in [0.1, 0.15) is 5.82 Å². The molecule has 0 aliphatic carbocycles. The molecule has 0 saturated heterocycles. The van der Waals surface area contributed by atoms with Crippen LogP contribution >= 0.6 is 0 Å². The number of nitrogens with zero attached hydrogens (tertiary/aromatic N) is 1. The number of H-pyrrole nitrogens is 1. The summed E-state index contributed by atoms with van der Waals surface area (Å²) in [4.78, 5) is 7.76. The molecular weight excluding hydrogens is 196 g/mol. The van der Waals surface area contributed by atoms with E-state index in [0.29, 0.717) is 0 Å². The van der Waals surface area contributed by atoms with E-state index in [9.17, 15) is 0 Å². The van der Waals surface area contributed by atoms with Crippen LogP contribution in [-0.2, 0) is 6.42 Å². The molecule has 0 bridgehead atoms. The summed E-state index contributed by atoms with van der Waals surface area (Å²) in [5, 5.41) is 0. The van der Waals surface area contributed by atoms with E-state index in [1.807, 2.05) is 6.07 Å². The average Bonchev–Trinajstić information content (AvgIpc) is 2.73. The smallest absolute Gasteiger partial charge is 0.130 e. The van der Waals surface area contributed by atoms with Crippen molar-refractivity contribution in [1.29, 1.82) is 0 Å². The number of unbranched alkanes of at least 4 members (excludes halogenated alkanes) is 2. The Balaban J connectivity index is 2.29. The first-order chi connectivity index (χ1) is 7.85. The molecular formula is C14H18N2. The first-order valence-electron chi connectivity index (χ1n) is 5.95. The van der Waals surface area contributed by atoms with Gasteiger partial charge < -0.3 is 4.98 Å². The van der Waals surface area contributed by atoms with Crippen LogP contribution in [0.25, 0.3) is 17.1 Å². The number of hydrogen-bond acceptors (Lipinski definition) is 1. The number of rotatable bonds is 5. The minimum atomic E-state index is 0.859. The number of fused-ring (bicyclic) bond motifs is 1. The van der Waals surface area contributed by atoms with Gasteiger partial charge in [0.2, 0.25) is 0 Å². The maximum Gasteiger partial charge on any atom is 0.130 e. The van der Waals surface area contributed by atoms with Gasteiger partial charge in [0.15, 0.2) is 0 Å². The Labute approximate surface area is 96.4 Å². The van der Waals surface area contributed by atoms with Crippen LogP contribution in [0.2, 0.25) is 0 Å². The minimum absolute atomic E-state index is 0.859. The summed E-state index contributed by atoms with van der Waals surface area (Å²) in [5.74, 6) is 0.859. The molecule has 2 heteroatoms. The van der Waals surface area contributed by atoms with Gasteiger partial charge in [0, 0.05) is 0 Å². The lowest BCUT2D eigenvalue weighted by Gasteiger charge is -2.01. The van der Waals surface area contributed by atoms with E-state index >= 15 is 0 Å². The molecule has 1 aromatic carbocycles. The molecule has 0 radical (unpaired) electrons. The van der Waals surface area contributed by atoms with Gasteiger partial charge >= 0.3 is 0 Å². The predicted octanol–water partition coefficient (Wildman–Crippen LogP) is 3.94. The summed E-state index contributed by atoms with van der Waals surface area (Å²) in [7, 11) is 0. The highest BCUT2D eigenvalue weighted by atomic mass is 14.9. The first-order valence-corrected chi connectivity index (χ1v) is 5.95. The summed E-state index contributed by atoms with van der Waals surface area (Å²) in [6, 6.07) is 6.31. The number of aromatic amines is 1. The Morgan fingerprint density at radius 3 is 3.00 bits per heavy atom. The highest BCUT2D eigenvalue weighted by molar-refractivity contribution is 5.80. The van der Waals surface area contributed by atoms with E-state index < -0.39 is 0 Å². The van der Waals surface area contributed by atoms with Crippen LogP contribution in [0.3, 0.4) is 0 Å². The zero-order valence-corrected chi connectivity index (χ0v) is 9.79. The van der Waals surface area contributed by atoms with E-state index in [2.05, 4.69) is 35.6 Å². The van der Waals surface area contributed by atoms with Gasteiger partial charge in [-0.1, -0.05) is 38.5 Å². The lowest BCUT2D eigenvalue weighted by molar-refractivity contribution is 0.719. The van der Waals surface area contributed by atoms with Crippen LogP contribution < -0.4 is 0 Å². The molecule has 0 aliphatic heterocycles. The lowest BCUT2D eigenvalue weighted by atomic mass is 10.1.